The van der Waals surface area contributed by atoms with Crippen molar-refractivity contribution in [2.75, 3.05) is 11.4 Å². The first-order valence-electron chi connectivity index (χ1n) is 7.00. The number of nitrogens with zero attached hydrogens (tertiary/aromatic N) is 3. The molecule has 1 saturated carbocycles. The monoisotopic (exact) mass is 260 g/mol. The number of hydrogen-bond donors (Lipinski definition) is 2. The summed E-state index contributed by atoms with van der Waals surface area (Å²) in [5.41, 5.74) is 7.31. The van der Waals surface area contributed by atoms with E-state index in [4.69, 9.17) is 10.9 Å². The second-order valence-corrected chi connectivity index (χ2v) is 5.48. The topological polar surface area (TPSA) is 74.7 Å². The molecule has 1 aliphatic heterocycles. The molecule has 2 fully saturated rings. The highest BCUT2D eigenvalue weighted by Gasteiger charge is 2.35. The van der Waals surface area contributed by atoms with Crippen molar-refractivity contribution in [2.45, 2.75) is 38.1 Å². The van der Waals surface area contributed by atoms with Crippen LogP contribution in [0.25, 0.3) is 0 Å². The van der Waals surface area contributed by atoms with Crippen LogP contribution < -0.4 is 10.6 Å². The third kappa shape index (κ3) is 2.25. The molecule has 5 nitrogen and oxygen atoms in total. The Morgan fingerprint density at radius 2 is 2.21 bits per heavy atom. The van der Waals surface area contributed by atoms with Crippen molar-refractivity contribution in [2.24, 2.45) is 16.8 Å². The Bertz CT molecular complexity index is 488. The van der Waals surface area contributed by atoms with Gasteiger partial charge < -0.3 is 15.8 Å². The number of hydrogen-bond acceptors (Lipinski definition) is 4. The largest absolute Gasteiger partial charge is 0.409 e. The van der Waals surface area contributed by atoms with E-state index in [0.717, 1.165) is 18.2 Å². The molecule has 3 rings (SSSR count). The predicted octanol–water partition coefficient (Wildman–Crippen LogP) is 1.94. The fourth-order valence-electron chi connectivity index (χ4n) is 3.56. The van der Waals surface area contributed by atoms with Crippen LogP contribution in [0.2, 0.25) is 0 Å². The molecule has 5 heteroatoms. The standard InChI is InChI=1S/C14H20N4O/c15-14(17-19)12-9-11(6-7-16-12)18-8-2-4-10-3-1-5-13(10)18/h6-7,9-10,13,19H,1-5,8H2,(H2,15,17). The van der Waals surface area contributed by atoms with E-state index in [1.54, 1.807) is 6.20 Å². The van der Waals surface area contributed by atoms with Gasteiger partial charge in [-0.1, -0.05) is 11.6 Å². The molecule has 0 radical (unpaired) electrons. The highest BCUT2D eigenvalue weighted by molar-refractivity contribution is 5.95. The zero-order valence-corrected chi connectivity index (χ0v) is 11.0. The van der Waals surface area contributed by atoms with E-state index in [9.17, 15) is 0 Å². The van der Waals surface area contributed by atoms with Crippen LogP contribution in [0.5, 0.6) is 0 Å². The molecular weight excluding hydrogens is 240 g/mol. The summed E-state index contributed by atoms with van der Waals surface area (Å²) >= 11 is 0. The molecule has 0 bridgehead atoms. The lowest BCUT2D eigenvalue weighted by atomic mass is 9.91. The molecule has 2 unspecified atom stereocenters. The Labute approximate surface area is 113 Å². The van der Waals surface area contributed by atoms with Gasteiger partial charge in [-0.15, -0.1) is 0 Å². The number of aromatic nitrogens is 1. The van der Waals surface area contributed by atoms with Crippen LogP contribution in [0.1, 0.15) is 37.8 Å². The van der Waals surface area contributed by atoms with E-state index in [0.29, 0.717) is 11.7 Å². The van der Waals surface area contributed by atoms with Gasteiger partial charge in [-0.2, -0.15) is 0 Å². The van der Waals surface area contributed by atoms with Gasteiger partial charge in [-0.25, -0.2) is 0 Å². The van der Waals surface area contributed by atoms with Gasteiger partial charge in [0, 0.05) is 24.5 Å². The third-order valence-electron chi connectivity index (χ3n) is 4.44. The van der Waals surface area contributed by atoms with Crippen LogP contribution in [-0.4, -0.2) is 28.6 Å². The lowest BCUT2D eigenvalue weighted by Gasteiger charge is -2.39. The molecule has 19 heavy (non-hydrogen) atoms. The molecule has 2 heterocycles. The van der Waals surface area contributed by atoms with E-state index < -0.39 is 0 Å². The van der Waals surface area contributed by atoms with Crippen LogP contribution in [-0.2, 0) is 0 Å². The minimum absolute atomic E-state index is 0.0711. The van der Waals surface area contributed by atoms with E-state index in [2.05, 4.69) is 15.0 Å². The maximum absolute atomic E-state index is 8.75. The van der Waals surface area contributed by atoms with Crippen molar-refractivity contribution < 1.29 is 5.21 Å². The van der Waals surface area contributed by atoms with Gasteiger partial charge in [0.25, 0.3) is 0 Å². The summed E-state index contributed by atoms with van der Waals surface area (Å²) in [4.78, 5) is 6.63. The summed E-state index contributed by atoms with van der Waals surface area (Å²) in [5.74, 6) is 0.913. The van der Waals surface area contributed by atoms with Crippen LogP contribution in [0, 0.1) is 5.92 Å². The van der Waals surface area contributed by atoms with Gasteiger partial charge in [-0.3, -0.25) is 4.98 Å². The van der Waals surface area contributed by atoms with Crippen LogP contribution in [0.15, 0.2) is 23.5 Å². The fraction of sp³-hybridized carbons (Fsp3) is 0.571. The molecule has 102 valence electrons. The Morgan fingerprint density at radius 3 is 3.05 bits per heavy atom. The summed E-state index contributed by atoms with van der Waals surface area (Å²) in [5, 5.41) is 11.8. The average Bonchev–Trinajstić information content (AvgIpc) is 2.94. The second-order valence-electron chi connectivity index (χ2n) is 5.48. The molecule has 1 aromatic rings. The molecule has 1 saturated heterocycles. The number of nitrogens with two attached hydrogens (primary N) is 1. The van der Waals surface area contributed by atoms with E-state index in [-0.39, 0.29) is 5.84 Å². The summed E-state index contributed by atoms with van der Waals surface area (Å²) in [6.45, 7) is 1.10. The van der Waals surface area contributed by atoms with Crippen LogP contribution >= 0.6 is 0 Å². The number of oxime groups is 1. The molecule has 0 aromatic carbocycles. The number of pyridine rings is 1. The van der Waals surface area contributed by atoms with Crippen molar-refractivity contribution in [1.29, 1.82) is 0 Å². The maximum atomic E-state index is 8.75. The fourth-order valence-corrected chi connectivity index (χ4v) is 3.56. The zero-order chi connectivity index (χ0) is 13.2. The Balaban J connectivity index is 1.88. The minimum Gasteiger partial charge on any atom is -0.409 e. The molecular formula is C14H20N4O. The Morgan fingerprint density at radius 1 is 1.37 bits per heavy atom. The van der Waals surface area contributed by atoms with Crippen molar-refractivity contribution >= 4 is 11.5 Å². The summed E-state index contributed by atoms with van der Waals surface area (Å²) in [6.07, 6.45) is 8.33. The zero-order valence-electron chi connectivity index (χ0n) is 11.0. The number of amidine groups is 1. The lowest BCUT2D eigenvalue weighted by molar-refractivity contribution is 0.318. The van der Waals surface area contributed by atoms with Crippen molar-refractivity contribution in [3.63, 3.8) is 0 Å². The van der Waals surface area contributed by atoms with Gasteiger partial charge >= 0.3 is 0 Å². The molecule has 0 spiro atoms. The highest BCUT2D eigenvalue weighted by Crippen LogP contribution is 2.39. The van der Waals surface area contributed by atoms with Crippen molar-refractivity contribution in [3.8, 4) is 0 Å². The highest BCUT2D eigenvalue weighted by atomic mass is 16.4. The number of fused-ring (bicyclic) bond motifs is 1. The predicted molar refractivity (Wildman–Crippen MR) is 74.5 cm³/mol. The molecule has 1 aromatic heterocycles. The summed E-state index contributed by atoms with van der Waals surface area (Å²) < 4.78 is 0. The Kier molecular flexibility index (Phi) is 3.27. The number of piperidine rings is 1. The smallest absolute Gasteiger partial charge is 0.188 e. The molecule has 2 atom stereocenters. The van der Waals surface area contributed by atoms with E-state index in [1.165, 1.54) is 32.1 Å². The average molecular weight is 260 g/mol. The number of anilines is 1. The molecule has 2 aliphatic rings. The van der Waals surface area contributed by atoms with Gasteiger partial charge in [0.05, 0.1) is 0 Å². The van der Waals surface area contributed by atoms with Gasteiger partial charge in [0.15, 0.2) is 5.84 Å². The van der Waals surface area contributed by atoms with Gasteiger partial charge in [-0.05, 0) is 43.7 Å². The van der Waals surface area contributed by atoms with Crippen molar-refractivity contribution in [1.82, 2.24) is 4.98 Å². The quantitative estimate of drug-likeness (QED) is 0.369. The first-order valence-corrected chi connectivity index (χ1v) is 7.00. The summed E-state index contributed by atoms with van der Waals surface area (Å²) in [6, 6.07) is 4.61. The lowest BCUT2D eigenvalue weighted by Crippen LogP contribution is -2.42. The minimum atomic E-state index is 0.0711. The first kappa shape index (κ1) is 12.3. The van der Waals surface area contributed by atoms with Gasteiger partial charge in [0.2, 0.25) is 0 Å². The molecule has 1 aliphatic carbocycles. The normalized spacial score (nSPS) is 27.4. The molecule has 0 amide bonds. The first-order chi connectivity index (χ1) is 9.29. The molecule has 3 N–H and O–H groups in total. The van der Waals surface area contributed by atoms with Crippen molar-refractivity contribution in [3.05, 3.63) is 24.0 Å². The van der Waals surface area contributed by atoms with Crippen LogP contribution in [0.4, 0.5) is 5.69 Å². The third-order valence-corrected chi connectivity index (χ3v) is 4.44. The second kappa shape index (κ2) is 5.07. The van der Waals surface area contributed by atoms with Gasteiger partial charge in [0.1, 0.15) is 5.69 Å². The van der Waals surface area contributed by atoms with E-state index in [1.807, 2.05) is 12.1 Å². The SMILES string of the molecule is NC(=NO)c1cc(N2CCCC3CCCC32)ccn1. The Hall–Kier alpha value is -1.78. The summed E-state index contributed by atoms with van der Waals surface area (Å²) in [7, 11) is 0. The number of rotatable bonds is 2. The van der Waals surface area contributed by atoms with E-state index >= 15 is 0 Å². The maximum Gasteiger partial charge on any atom is 0.188 e. The van der Waals surface area contributed by atoms with Crippen LogP contribution in [0.3, 0.4) is 0 Å².